The van der Waals surface area contributed by atoms with E-state index in [0.29, 0.717) is 6.54 Å². The molecule has 2 N–H and O–H groups in total. The maximum atomic E-state index is 13.4. The smallest absolute Gasteiger partial charge is 0.407 e. The molecule has 3 atom stereocenters. The van der Waals surface area contributed by atoms with E-state index in [-0.39, 0.29) is 36.8 Å². The lowest BCUT2D eigenvalue weighted by Gasteiger charge is -2.35. The number of nitrogens with one attached hydrogen (secondary N) is 1. The summed E-state index contributed by atoms with van der Waals surface area (Å²) < 4.78 is 5.69. The SMILES string of the molecule is C[C@@H]1CN(C(=O)C(NC(=O)OCC2c3ccccc3-c3ccccc32)C2CCC2)C[C@@]1(C)C(=O)O. The van der Waals surface area contributed by atoms with Crippen LogP contribution in [0.2, 0.25) is 0 Å². The lowest BCUT2D eigenvalue weighted by molar-refractivity contribution is -0.149. The summed E-state index contributed by atoms with van der Waals surface area (Å²) in [5.74, 6) is -1.28. The van der Waals surface area contributed by atoms with Crippen molar-refractivity contribution in [3.8, 4) is 11.1 Å². The van der Waals surface area contributed by atoms with Crippen molar-refractivity contribution in [1.29, 1.82) is 0 Å². The minimum Gasteiger partial charge on any atom is -0.481 e. The molecule has 1 saturated heterocycles. The van der Waals surface area contributed by atoms with Gasteiger partial charge in [0.25, 0.3) is 0 Å². The number of rotatable bonds is 6. The minimum absolute atomic E-state index is 0.0509. The number of benzene rings is 2. The number of carbonyl (C=O) groups is 3. The Kier molecular flexibility index (Phi) is 6.03. The summed E-state index contributed by atoms with van der Waals surface area (Å²) in [6.45, 7) is 4.25. The fourth-order valence-electron chi connectivity index (χ4n) is 5.71. The molecule has 1 heterocycles. The van der Waals surface area contributed by atoms with Crippen LogP contribution in [0.4, 0.5) is 4.79 Å². The summed E-state index contributed by atoms with van der Waals surface area (Å²) in [7, 11) is 0. The highest BCUT2D eigenvalue weighted by molar-refractivity contribution is 5.88. The normalized spacial score (nSPS) is 24.3. The average Bonchev–Trinajstić information content (AvgIpc) is 3.30. The van der Waals surface area contributed by atoms with E-state index >= 15 is 0 Å². The number of hydrogen-bond donors (Lipinski definition) is 2. The summed E-state index contributed by atoms with van der Waals surface area (Å²) in [6, 6.07) is 15.6. The molecule has 5 rings (SSSR count). The number of nitrogens with zero attached hydrogens (tertiary/aromatic N) is 1. The van der Waals surface area contributed by atoms with Crippen molar-refractivity contribution >= 4 is 18.0 Å². The third-order valence-corrected chi connectivity index (χ3v) is 8.41. The molecule has 2 fully saturated rings. The van der Waals surface area contributed by atoms with Crippen LogP contribution in [0, 0.1) is 17.3 Å². The Bertz CT molecular complexity index is 1110. The van der Waals surface area contributed by atoms with E-state index in [2.05, 4.69) is 29.6 Å². The number of amides is 2. The first-order valence-electron chi connectivity index (χ1n) is 12.4. The van der Waals surface area contributed by atoms with E-state index < -0.39 is 23.5 Å². The largest absolute Gasteiger partial charge is 0.481 e. The summed E-state index contributed by atoms with van der Waals surface area (Å²) >= 11 is 0. The third kappa shape index (κ3) is 4.07. The van der Waals surface area contributed by atoms with Gasteiger partial charge in [0.15, 0.2) is 0 Å². The standard InChI is InChI=1S/C28H32N2O5/c1-17-14-30(16-28(17,2)26(32)33)25(31)24(18-8-7-9-18)29-27(34)35-15-23-21-12-5-3-10-19(21)20-11-4-6-13-22(20)23/h3-6,10-13,17-18,23-24H,7-9,14-16H2,1-2H3,(H,29,34)(H,32,33)/t17-,24?,28-/m1/s1. The van der Waals surface area contributed by atoms with Crippen LogP contribution in [-0.4, -0.2) is 53.7 Å². The summed E-state index contributed by atoms with van der Waals surface area (Å²) in [6.07, 6.45) is 2.13. The van der Waals surface area contributed by atoms with E-state index in [9.17, 15) is 19.5 Å². The van der Waals surface area contributed by atoms with Crippen LogP contribution in [-0.2, 0) is 14.3 Å². The second-order valence-electron chi connectivity index (χ2n) is 10.5. The third-order valence-electron chi connectivity index (χ3n) is 8.41. The lowest BCUT2D eigenvalue weighted by Crippen LogP contribution is -2.54. The maximum Gasteiger partial charge on any atom is 0.407 e. The van der Waals surface area contributed by atoms with Crippen LogP contribution in [0.3, 0.4) is 0 Å². The summed E-state index contributed by atoms with van der Waals surface area (Å²) in [4.78, 5) is 39.7. The zero-order valence-electron chi connectivity index (χ0n) is 20.2. The van der Waals surface area contributed by atoms with Gasteiger partial charge in [-0.15, -0.1) is 0 Å². The second-order valence-corrected chi connectivity index (χ2v) is 10.5. The molecule has 2 aliphatic carbocycles. The van der Waals surface area contributed by atoms with Gasteiger partial charge in [0.1, 0.15) is 12.6 Å². The molecule has 2 aromatic rings. The number of fused-ring (bicyclic) bond motifs is 3. The van der Waals surface area contributed by atoms with Gasteiger partial charge in [0.2, 0.25) is 5.91 Å². The first kappa shape index (κ1) is 23.4. The number of carboxylic acid groups (broad SMARTS) is 1. The molecule has 2 amide bonds. The Hall–Kier alpha value is -3.35. The van der Waals surface area contributed by atoms with E-state index in [0.717, 1.165) is 41.5 Å². The number of alkyl carbamates (subject to hydrolysis) is 1. The highest BCUT2D eigenvalue weighted by Crippen LogP contribution is 2.44. The first-order valence-corrected chi connectivity index (χ1v) is 12.4. The number of ether oxygens (including phenoxy) is 1. The Morgan fingerprint density at radius 1 is 1.09 bits per heavy atom. The highest BCUT2D eigenvalue weighted by atomic mass is 16.5. The van der Waals surface area contributed by atoms with Crippen LogP contribution in [0.1, 0.15) is 50.2 Å². The number of likely N-dealkylation sites (tertiary alicyclic amines) is 1. The van der Waals surface area contributed by atoms with Gasteiger partial charge in [-0.25, -0.2) is 4.79 Å². The highest BCUT2D eigenvalue weighted by Gasteiger charge is 2.50. The minimum atomic E-state index is -0.983. The van der Waals surface area contributed by atoms with Gasteiger partial charge in [0, 0.05) is 19.0 Å². The predicted octanol–water partition coefficient (Wildman–Crippen LogP) is 4.26. The summed E-state index contributed by atoms with van der Waals surface area (Å²) in [5, 5.41) is 12.5. The van der Waals surface area contributed by atoms with Crippen molar-refractivity contribution in [3.63, 3.8) is 0 Å². The van der Waals surface area contributed by atoms with Crippen molar-refractivity contribution in [2.45, 2.75) is 45.1 Å². The molecule has 7 nitrogen and oxygen atoms in total. The molecule has 0 aromatic heterocycles. The molecule has 2 aromatic carbocycles. The van der Waals surface area contributed by atoms with E-state index in [1.165, 1.54) is 0 Å². The summed E-state index contributed by atoms with van der Waals surface area (Å²) in [5.41, 5.74) is 3.59. The van der Waals surface area contributed by atoms with Gasteiger partial charge < -0.3 is 20.1 Å². The van der Waals surface area contributed by atoms with E-state index in [1.54, 1.807) is 11.8 Å². The molecule has 1 unspecified atom stereocenters. The molecule has 35 heavy (non-hydrogen) atoms. The Balaban J connectivity index is 1.27. The van der Waals surface area contributed by atoms with Gasteiger partial charge in [0.05, 0.1) is 5.41 Å². The fraction of sp³-hybridized carbons (Fsp3) is 0.464. The zero-order valence-corrected chi connectivity index (χ0v) is 20.2. The van der Waals surface area contributed by atoms with Crippen LogP contribution < -0.4 is 5.32 Å². The van der Waals surface area contributed by atoms with Crippen LogP contribution in [0.25, 0.3) is 11.1 Å². The number of carbonyl (C=O) groups excluding carboxylic acids is 2. The number of aliphatic carboxylic acids is 1. The maximum absolute atomic E-state index is 13.4. The molecular formula is C28H32N2O5. The molecule has 184 valence electrons. The topological polar surface area (TPSA) is 95.9 Å². The van der Waals surface area contributed by atoms with Crippen molar-refractivity contribution in [2.75, 3.05) is 19.7 Å². The monoisotopic (exact) mass is 476 g/mol. The van der Waals surface area contributed by atoms with E-state index in [4.69, 9.17) is 4.74 Å². The Morgan fingerprint density at radius 2 is 1.69 bits per heavy atom. The van der Waals surface area contributed by atoms with Crippen LogP contribution in [0.15, 0.2) is 48.5 Å². The van der Waals surface area contributed by atoms with Gasteiger partial charge >= 0.3 is 12.1 Å². The zero-order chi connectivity index (χ0) is 24.7. The quantitative estimate of drug-likeness (QED) is 0.649. The van der Waals surface area contributed by atoms with Crippen molar-refractivity contribution in [3.05, 3.63) is 59.7 Å². The van der Waals surface area contributed by atoms with Gasteiger partial charge in [-0.3, -0.25) is 9.59 Å². The fourth-order valence-corrected chi connectivity index (χ4v) is 5.71. The molecule has 1 saturated carbocycles. The van der Waals surface area contributed by atoms with Gasteiger partial charge in [-0.2, -0.15) is 0 Å². The molecule has 0 bridgehead atoms. The molecule has 0 radical (unpaired) electrons. The van der Waals surface area contributed by atoms with Crippen LogP contribution >= 0.6 is 0 Å². The number of carboxylic acids is 1. The number of hydrogen-bond acceptors (Lipinski definition) is 4. The van der Waals surface area contributed by atoms with Crippen LogP contribution in [0.5, 0.6) is 0 Å². The molecule has 1 aliphatic heterocycles. The molecule has 0 spiro atoms. The Morgan fingerprint density at radius 3 is 2.20 bits per heavy atom. The van der Waals surface area contributed by atoms with Crippen molar-refractivity contribution < 1.29 is 24.2 Å². The second kappa shape index (κ2) is 9.02. The van der Waals surface area contributed by atoms with Crippen molar-refractivity contribution in [2.24, 2.45) is 17.3 Å². The predicted molar refractivity (Wildman–Crippen MR) is 131 cm³/mol. The van der Waals surface area contributed by atoms with E-state index in [1.807, 2.05) is 31.2 Å². The molecule has 3 aliphatic rings. The van der Waals surface area contributed by atoms with Gasteiger partial charge in [-0.05, 0) is 53.9 Å². The average molecular weight is 477 g/mol. The first-order chi connectivity index (χ1) is 16.8. The molecule has 7 heteroatoms. The van der Waals surface area contributed by atoms with Gasteiger partial charge in [-0.1, -0.05) is 61.9 Å². The molecular weight excluding hydrogens is 444 g/mol. The lowest BCUT2D eigenvalue weighted by atomic mass is 9.79. The Labute approximate surface area is 205 Å². The van der Waals surface area contributed by atoms with Crippen molar-refractivity contribution in [1.82, 2.24) is 10.2 Å².